The average Bonchev–Trinajstić information content (AvgIpc) is 1.84. The molecule has 0 aliphatic carbocycles. The van der Waals surface area contributed by atoms with Gasteiger partial charge in [-0.15, -0.1) is 0 Å². The van der Waals surface area contributed by atoms with Crippen LogP contribution >= 0.6 is 0 Å². The van der Waals surface area contributed by atoms with Crippen molar-refractivity contribution < 1.29 is 4.43 Å². The summed E-state index contributed by atoms with van der Waals surface area (Å²) in [6, 6.07) is 0. The second kappa shape index (κ2) is 3.80. The Kier molecular flexibility index (Phi) is 4.14. The molecule has 4 heteroatoms. The fourth-order valence-corrected chi connectivity index (χ4v) is 10.3. The molecule has 0 radical (unpaired) electrons. The van der Waals surface area contributed by atoms with Crippen molar-refractivity contribution >= 4 is 34.1 Å². The third kappa shape index (κ3) is 3.47. The standard InChI is InChI=1S/C7H19OSi2.Li/c1-8-10(5,6)7-9(2,3)4;/h7H,1-6H3;. The van der Waals surface area contributed by atoms with E-state index in [9.17, 15) is 0 Å². The Morgan fingerprint density at radius 1 is 1.09 bits per heavy atom. The first kappa shape index (κ1) is 12.0. The van der Waals surface area contributed by atoms with Gasteiger partial charge in [-0.2, -0.15) is 0 Å². The predicted molar refractivity (Wildman–Crippen MR) is 57.3 cm³/mol. The van der Waals surface area contributed by atoms with Crippen molar-refractivity contribution in [3.63, 3.8) is 0 Å². The zero-order chi connectivity index (χ0) is 9.28. The molecule has 0 aromatic carbocycles. The van der Waals surface area contributed by atoms with Gasteiger partial charge in [-0.3, -0.25) is 0 Å². The maximum absolute atomic E-state index is 5.60. The molecule has 0 N–H and O–H groups in total. The van der Waals surface area contributed by atoms with Crippen LogP contribution in [0, 0.1) is 0 Å². The van der Waals surface area contributed by atoms with Crippen molar-refractivity contribution in [2.24, 2.45) is 0 Å². The third-order valence-electron chi connectivity index (χ3n) is 2.87. The van der Waals surface area contributed by atoms with E-state index in [1.807, 2.05) is 7.11 Å². The van der Waals surface area contributed by atoms with Gasteiger partial charge in [-0.05, 0) is 0 Å². The van der Waals surface area contributed by atoms with E-state index in [0.29, 0.717) is 0 Å². The molecule has 0 aromatic rings. The van der Waals surface area contributed by atoms with E-state index in [4.69, 9.17) is 4.43 Å². The van der Waals surface area contributed by atoms with Crippen molar-refractivity contribution in [2.45, 2.75) is 36.6 Å². The van der Waals surface area contributed by atoms with Crippen LogP contribution in [0.3, 0.4) is 0 Å². The van der Waals surface area contributed by atoms with Crippen LogP contribution in [0.1, 0.15) is 0 Å². The Hall–Kier alpha value is 0.991. The van der Waals surface area contributed by atoms with Gasteiger partial charge in [0.2, 0.25) is 0 Å². The minimum absolute atomic E-state index is 0.833. The summed E-state index contributed by atoms with van der Waals surface area (Å²) in [5.74, 6) is 0. The first-order chi connectivity index (χ1) is 4.72. The molecule has 0 saturated carbocycles. The molecule has 0 saturated heterocycles. The summed E-state index contributed by atoms with van der Waals surface area (Å²) in [7, 11) is -0.471. The molecule has 1 nitrogen and oxygen atoms in total. The first-order valence-corrected chi connectivity index (χ1v) is 10.8. The van der Waals surface area contributed by atoms with Crippen LogP contribution in [-0.4, -0.2) is 41.2 Å². The van der Waals surface area contributed by atoms with E-state index in [0.717, 1.165) is 3.84 Å². The number of rotatable bonds is 3. The van der Waals surface area contributed by atoms with E-state index < -0.39 is 16.4 Å². The molecule has 0 aliphatic rings. The van der Waals surface area contributed by atoms with Crippen LogP contribution < -0.4 is 0 Å². The van der Waals surface area contributed by atoms with Crippen molar-refractivity contribution in [3.8, 4) is 0 Å². The molecule has 1 atom stereocenters. The minimum atomic E-state index is -1.35. The monoisotopic (exact) mass is 182 g/mol. The maximum atomic E-state index is 5.60. The first-order valence-electron chi connectivity index (χ1n) is 4.27. The quantitative estimate of drug-likeness (QED) is 0.608. The molecule has 0 spiro atoms. The van der Waals surface area contributed by atoms with E-state index in [-0.39, 0.29) is 0 Å². The van der Waals surface area contributed by atoms with Gasteiger partial charge in [0, 0.05) is 0 Å². The van der Waals surface area contributed by atoms with Gasteiger partial charge < -0.3 is 0 Å². The fraction of sp³-hybridized carbons (Fsp3) is 1.00. The van der Waals surface area contributed by atoms with Crippen molar-refractivity contribution in [1.82, 2.24) is 0 Å². The molecule has 0 aliphatic heterocycles. The van der Waals surface area contributed by atoms with Crippen molar-refractivity contribution in [2.75, 3.05) is 7.11 Å². The van der Waals surface area contributed by atoms with Crippen LogP contribution in [0.4, 0.5) is 0 Å². The molecule has 0 heterocycles. The third-order valence-corrected chi connectivity index (χ3v) is 13.3. The summed E-state index contributed by atoms with van der Waals surface area (Å²) in [5.41, 5.74) is 0. The van der Waals surface area contributed by atoms with Gasteiger partial charge in [0.05, 0.1) is 0 Å². The second-order valence-electron chi connectivity index (χ2n) is 4.90. The number of hydrogen-bond donors (Lipinski definition) is 0. The summed E-state index contributed by atoms with van der Waals surface area (Å²) in [6.45, 7) is 11.9. The van der Waals surface area contributed by atoms with Gasteiger partial charge >= 0.3 is 82.2 Å². The SMILES string of the molecule is [Li][CH]([Si](C)(C)C)[Si](C)(C)OC. The fourth-order valence-electron chi connectivity index (χ4n) is 1.22. The Morgan fingerprint density at radius 2 is 1.45 bits per heavy atom. The molecule has 0 amide bonds. The summed E-state index contributed by atoms with van der Waals surface area (Å²) in [6.07, 6.45) is 0. The molecule has 0 fully saturated rings. The topological polar surface area (TPSA) is 9.23 Å². The molecule has 1 unspecified atom stereocenters. The van der Waals surface area contributed by atoms with E-state index in [1.165, 1.54) is 0 Å². The second-order valence-corrected chi connectivity index (χ2v) is 15.6. The van der Waals surface area contributed by atoms with Gasteiger partial charge in [0.1, 0.15) is 0 Å². The summed E-state index contributed by atoms with van der Waals surface area (Å²) in [5, 5.41) is 0. The van der Waals surface area contributed by atoms with Crippen LogP contribution in [0.25, 0.3) is 0 Å². The molecule has 0 rings (SSSR count). The van der Waals surface area contributed by atoms with Crippen LogP contribution in [0.2, 0.25) is 36.6 Å². The normalized spacial score (nSPS) is 16.7. The Balaban J connectivity index is 4.35. The Morgan fingerprint density at radius 3 is 1.55 bits per heavy atom. The summed E-state index contributed by atoms with van der Waals surface area (Å²) < 4.78 is 6.43. The summed E-state index contributed by atoms with van der Waals surface area (Å²) >= 11 is 2.36. The molecule has 0 bridgehead atoms. The zero-order valence-corrected chi connectivity index (χ0v) is 11.0. The van der Waals surface area contributed by atoms with E-state index in [2.05, 4.69) is 50.5 Å². The van der Waals surface area contributed by atoms with Crippen LogP contribution in [0.5, 0.6) is 0 Å². The van der Waals surface area contributed by atoms with Gasteiger partial charge in [-0.1, -0.05) is 0 Å². The van der Waals surface area contributed by atoms with E-state index in [1.54, 1.807) is 0 Å². The average molecular weight is 182 g/mol. The van der Waals surface area contributed by atoms with E-state index >= 15 is 0 Å². The summed E-state index contributed by atoms with van der Waals surface area (Å²) in [4.78, 5) is 0. The Bertz CT molecular complexity index is 131. The van der Waals surface area contributed by atoms with Crippen LogP contribution in [-0.2, 0) is 4.43 Å². The molecular weight excluding hydrogens is 163 g/mol. The number of hydrogen-bond acceptors (Lipinski definition) is 1. The molecule has 62 valence electrons. The molecule has 0 aromatic heterocycles. The predicted octanol–water partition coefficient (Wildman–Crippen LogP) is 2.21. The van der Waals surface area contributed by atoms with Gasteiger partial charge in [-0.25, -0.2) is 0 Å². The zero-order valence-electron chi connectivity index (χ0n) is 8.99. The van der Waals surface area contributed by atoms with Gasteiger partial charge in [0.25, 0.3) is 0 Å². The van der Waals surface area contributed by atoms with Crippen molar-refractivity contribution in [3.05, 3.63) is 0 Å². The Labute approximate surface area is 82.2 Å². The molecular formula is C7H19LiOSi2. The van der Waals surface area contributed by atoms with Gasteiger partial charge in [0.15, 0.2) is 0 Å². The molecule has 11 heavy (non-hydrogen) atoms. The van der Waals surface area contributed by atoms with Crippen LogP contribution in [0.15, 0.2) is 0 Å². The van der Waals surface area contributed by atoms with Crippen molar-refractivity contribution in [1.29, 1.82) is 0 Å².